The molecule has 0 aliphatic heterocycles. The lowest BCUT2D eigenvalue weighted by atomic mass is 10.1. The zero-order valence-electron chi connectivity index (χ0n) is 8.50. The van der Waals surface area contributed by atoms with Gasteiger partial charge in [0.25, 0.3) is 0 Å². The van der Waals surface area contributed by atoms with Crippen molar-refractivity contribution in [1.29, 1.82) is 0 Å². The third-order valence-electron chi connectivity index (χ3n) is 1.95. The minimum absolute atomic E-state index is 0.267. The van der Waals surface area contributed by atoms with E-state index in [2.05, 4.69) is 21.2 Å². The molecule has 0 aliphatic rings. The highest BCUT2D eigenvalue weighted by molar-refractivity contribution is 9.10. The van der Waals surface area contributed by atoms with Crippen molar-refractivity contribution < 1.29 is 4.79 Å². The van der Waals surface area contributed by atoms with E-state index in [1.165, 1.54) is 0 Å². The molecule has 1 amide bonds. The second kappa shape index (κ2) is 5.81. The van der Waals surface area contributed by atoms with Crippen LogP contribution in [0.5, 0.6) is 0 Å². The zero-order valence-corrected chi connectivity index (χ0v) is 10.9. The number of hydrogen-bond donors (Lipinski definition) is 3. The van der Waals surface area contributed by atoms with E-state index in [9.17, 15) is 4.79 Å². The lowest BCUT2D eigenvalue weighted by molar-refractivity contribution is -0.117. The fraction of sp³-hybridized carbons (Fsp3) is 0.200. The Labute approximate surface area is 108 Å². The minimum Gasteiger partial charge on any atom is -0.389 e. The Hall–Kier alpha value is -1.14. The number of primary amides is 1. The molecule has 0 atom stereocenters. The van der Waals surface area contributed by atoms with Gasteiger partial charge in [0.15, 0.2) is 0 Å². The van der Waals surface area contributed by atoms with Gasteiger partial charge in [-0.15, -0.1) is 0 Å². The molecule has 0 bridgehead atoms. The average molecular weight is 302 g/mol. The number of hydrogen-bond acceptors (Lipinski definition) is 3. The van der Waals surface area contributed by atoms with Crippen LogP contribution in [-0.2, 0) is 4.79 Å². The summed E-state index contributed by atoms with van der Waals surface area (Å²) in [6, 6.07) is 5.56. The van der Waals surface area contributed by atoms with Gasteiger partial charge >= 0.3 is 0 Å². The molecule has 1 rings (SSSR count). The highest BCUT2D eigenvalue weighted by Crippen LogP contribution is 2.24. The van der Waals surface area contributed by atoms with Crippen LogP contribution in [0.2, 0.25) is 0 Å². The van der Waals surface area contributed by atoms with E-state index in [1.807, 2.05) is 18.2 Å². The Morgan fingerprint density at radius 2 is 2.12 bits per heavy atom. The number of thiocarbonyl (C=S) groups is 1. The summed E-state index contributed by atoms with van der Waals surface area (Å²) >= 11 is 8.32. The first-order valence-electron chi connectivity index (χ1n) is 4.63. The van der Waals surface area contributed by atoms with E-state index < -0.39 is 0 Å². The van der Waals surface area contributed by atoms with Gasteiger partial charge in [0.1, 0.15) is 4.99 Å². The van der Waals surface area contributed by atoms with Crippen LogP contribution in [0.4, 0.5) is 5.69 Å². The molecule has 86 valence electrons. The Morgan fingerprint density at radius 1 is 1.44 bits per heavy atom. The molecule has 6 heteroatoms. The number of anilines is 1. The number of amides is 1. The maximum absolute atomic E-state index is 10.6. The minimum atomic E-state index is -0.348. The van der Waals surface area contributed by atoms with Crippen LogP contribution < -0.4 is 16.8 Å². The molecule has 0 heterocycles. The van der Waals surface area contributed by atoms with Gasteiger partial charge in [0.2, 0.25) is 5.91 Å². The molecule has 0 spiro atoms. The third-order valence-corrected chi connectivity index (χ3v) is 2.81. The first-order chi connectivity index (χ1) is 7.52. The van der Waals surface area contributed by atoms with Gasteiger partial charge in [-0.1, -0.05) is 18.3 Å². The fourth-order valence-electron chi connectivity index (χ4n) is 1.24. The van der Waals surface area contributed by atoms with Crippen LogP contribution >= 0.6 is 28.1 Å². The Balaban J connectivity index is 2.83. The van der Waals surface area contributed by atoms with Crippen molar-refractivity contribution in [2.75, 3.05) is 11.9 Å². The number of carbonyl (C=O) groups is 1. The SMILES string of the molecule is NC(=O)CCNc1cccc(Br)c1C(N)=S. The van der Waals surface area contributed by atoms with Crippen molar-refractivity contribution in [2.24, 2.45) is 11.5 Å². The lowest BCUT2D eigenvalue weighted by Crippen LogP contribution is -2.18. The fourth-order valence-corrected chi connectivity index (χ4v) is 2.17. The van der Waals surface area contributed by atoms with E-state index in [1.54, 1.807) is 0 Å². The highest BCUT2D eigenvalue weighted by atomic mass is 79.9. The van der Waals surface area contributed by atoms with Crippen molar-refractivity contribution in [3.63, 3.8) is 0 Å². The van der Waals surface area contributed by atoms with Gasteiger partial charge in [0, 0.05) is 28.7 Å². The predicted molar refractivity (Wildman–Crippen MR) is 72.3 cm³/mol. The van der Waals surface area contributed by atoms with Crippen LogP contribution in [0.25, 0.3) is 0 Å². The van der Waals surface area contributed by atoms with Gasteiger partial charge in [-0.3, -0.25) is 4.79 Å². The van der Waals surface area contributed by atoms with Crippen LogP contribution in [0, 0.1) is 0 Å². The normalized spacial score (nSPS) is 9.81. The summed E-state index contributed by atoms with van der Waals surface area (Å²) in [6.45, 7) is 0.460. The molecule has 1 aromatic rings. The Bertz CT molecular complexity index is 423. The van der Waals surface area contributed by atoms with Crippen LogP contribution in [0.15, 0.2) is 22.7 Å². The predicted octanol–water partition coefficient (Wildman–Crippen LogP) is 1.37. The van der Waals surface area contributed by atoms with E-state index >= 15 is 0 Å². The van der Waals surface area contributed by atoms with Gasteiger partial charge < -0.3 is 16.8 Å². The van der Waals surface area contributed by atoms with Gasteiger partial charge in [-0.2, -0.15) is 0 Å². The molecule has 5 N–H and O–H groups in total. The second-order valence-electron chi connectivity index (χ2n) is 3.17. The van der Waals surface area contributed by atoms with Crippen LogP contribution in [0.3, 0.4) is 0 Å². The molecular formula is C10H12BrN3OS. The summed E-state index contributed by atoms with van der Waals surface area (Å²) in [5.74, 6) is -0.348. The monoisotopic (exact) mass is 301 g/mol. The molecule has 1 aromatic carbocycles. The van der Waals surface area contributed by atoms with Gasteiger partial charge in [-0.25, -0.2) is 0 Å². The maximum atomic E-state index is 10.6. The number of halogens is 1. The number of nitrogens with one attached hydrogen (secondary N) is 1. The molecule has 0 saturated heterocycles. The third kappa shape index (κ3) is 3.46. The first kappa shape index (κ1) is 12.9. The van der Waals surface area contributed by atoms with Crippen molar-refractivity contribution in [3.05, 3.63) is 28.2 Å². The average Bonchev–Trinajstić information content (AvgIpc) is 2.16. The summed E-state index contributed by atoms with van der Waals surface area (Å²) in [7, 11) is 0. The Morgan fingerprint density at radius 3 is 2.69 bits per heavy atom. The first-order valence-corrected chi connectivity index (χ1v) is 5.83. The quantitative estimate of drug-likeness (QED) is 0.718. The molecule has 0 saturated carbocycles. The molecule has 0 aromatic heterocycles. The second-order valence-corrected chi connectivity index (χ2v) is 4.46. The molecule has 0 aliphatic carbocycles. The van der Waals surface area contributed by atoms with Gasteiger partial charge in [-0.05, 0) is 28.1 Å². The van der Waals surface area contributed by atoms with Crippen LogP contribution in [0.1, 0.15) is 12.0 Å². The van der Waals surface area contributed by atoms with Gasteiger partial charge in [0.05, 0.1) is 0 Å². The number of nitrogens with two attached hydrogens (primary N) is 2. The standard InChI is InChI=1S/C10H12BrN3OS/c11-6-2-1-3-7(9(6)10(13)16)14-5-4-8(12)15/h1-3,14H,4-5H2,(H2,12,15)(H2,13,16). The Kier molecular flexibility index (Phi) is 4.70. The summed E-state index contributed by atoms with van der Waals surface area (Å²) in [5, 5.41) is 3.07. The zero-order chi connectivity index (χ0) is 12.1. The van der Waals surface area contributed by atoms with Crippen molar-refractivity contribution in [2.45, 2.75) is 6.42 Å². The summed E-state index contributed by atoms with van der Waals surface area (Å²) in [4.78, 5) is 10.9. The van der Waals surface area contributed by atoms with E-state index in [4.69, 9.17) is 23.7 Å². The summed E-state index contributed by atoms with van der Waals surface area (Å²) in [6.07, 6.45) is 0.267. The van der Waals surface area contributed by atoms with E-state index in [0.717, 1.165) is 15.7 Å². The molecule has 0 fully saturated rings. The van der Waals surface area contributed by atoms with Crippen molar-refractivity contribution in [3.8, 4) is 0 Å². The number of rotatable bonds is 5. The maximum Gasteiger partial charge on any atom is 0.219 e. The summed E-state index contributed by atoms with van der Waals surface area (Å²) < 4.78 is 0.823. The number of carbonyl (C=O) groups excluding carboxylic acids is 1. The molecule has 4 nitrogen and oxygen atoms in total. The molecule has 0 radical (unpaired) electrons. The number of benzene rings is 1. The molecule has 0 unspecified atom stereocenters. The summed E-state index contributed by atoms with van der Waals surface area (Å²) in [5.41, 5.74) is 12.2. The molecule has 16 heavy (non-hydrogen) atoms. The van der Waals surface area contributed by atoms with E-state index in [0.29, 0.717) is 11.5 Å². The molecular weight excluding hydrogens is 290 g/mol. The highest BCUT2D eigenvalue weighted by Gasteiger charge is 2.08. The largest absolute Gasteiger partial charge is 0.389 e. The topological polar surface area (TPSA) is 81.1 Å². The van der Waals surface area contributed by atoms with Crippen molar-refractivity contribution in [1.82, 2.24) is 0 Å². The van der Waals surface area contributed by atoms with Crippen LogP contribution in [-0.4, -0.2) is 17.4 Å². The van der Waals surface area contributed by atoms with E-state index in [-0.39, 0.29) is 12.3 Å². The van der Waals surface area contributed by atoms with Crippen molar-refractivity contribution >= 4 is 44.7 Å². The smallest absolute Gasteiger partial charge is 0.219 e. The lowest BCUT2D eigenvalue weighted by Gasteiger charge is -2.11.